The second kappa shape index (κ2) is 45.5. The van der Waals surface area contributed by atoms with E-state index in [0.717, 1.165) is 170 Å². The average molecular weight is 1860 g/mol. The van der Waals surface area contributed by atoms with Gasteiger partial charge in [0.15, 0.2) is 34.7 Å². The predicted molar refractivity (Wildman–Crippen MR) is 524 cm³/mol. The van der Waals surface area contributed by atoms with E-state index >= 15 is 0 Å². The number of likely N-dealkylation sites (tertiary alicyclic amines) is 5. The summed E-state index contributed by atoms with van der Waals surface area (Å²) in [7, 11) is 0. The number of aromatic hydroxyl groups is 2. The first-order valence-corrected chi connectivity index (χ1v) is 49.0. The van der Waals surface area contributed by atoms with E-state index in [2.05, 4.69) is 165 Å². The number of benzene rings is 8. The fourth-order valence-electron chi connectivity index (χ4n) is 22.3. The third-order valence-corrected chi connectivity index (χ3v) is 29.2. The zero-order valence-electron chi connectivity index (χ0n) is 78.9. The third-order valence-electron chi connectivity index (χ3n) is 29.2. The zero-order chi connectivity index (χ0) is 94.8. The molecule has 5 saturated carbocycles. The predicted octanol–water partition coefficient (Wildman–Crippen LogP) is 16.8. The molecule has 12 aromatic rings. The molecule has 0 spiro atoms. The van der Waals surface area contributed by atoms with Crippen LogP contribution in [0, 0.1) is 80.0 Å². The molecule has 5 unspecified atom stereocenters. The molecular weight excluding hydrogens is 1740 g/mol. The Morgan fingerprint density at radius 1 is 0.333 bits per heavy atom. The van der Waals surface area contributed by atoms with Crippen LogP contribution in [-0.4, -0.2) is 232 Å². The van der Waals surface area contributed by atoms with E-state index < -0.39 is 0 Å². The molecule has 9 heterocycles. The van der Waals surface area contributed by atoms with Gasteiger partial charge in [-0.2, -0.15) is 10.2 Å². The van der Waals surface area contributed by atoms with Gasteiger partial charge >= 0.3 is 0 Å². The van der Waals surface area contributed by atoms with E-state index in [0.29, 0.717) is 152 Å². The van der Waals surface area contributed by atoms with Crippen LogP contribution in [0.25, 0.3) is 0 Å². The van der Waals surface area contributed by atoms with Crippen LogP contribution in [0.15, 0.2) is 268 Å². The molecule has 10 fully saturated rings. The lowest BCUT2D eigenvalue weighted by Crippen LogP contribution is -2.30. The Kier molecular flexibility index (Phi) is 31.4. The largest absolute Gasteiger partial charge is 0.508 e. The van der Waals surface area contributed by atoms with E-state index in [1.165, 1.54) is 28.6 Å². The Morgan fingerprint density at radius 3 is 1.02 bits per heavy atom. The van der Waals surface area contributed by atoms with Gasteiger partial charge in [-0.25, -0.2) is 15.0 Å². The van der Waals surface area contributed by atoms with Gasteiger partial charge in [0, 0.05) is 107 Å². The number of fused-ring (bicyclic) bond motifs is 5. The van der Waals surface area contributed by atoms with Crippen molar-refractivity contribution in [3.63, 3.8) is 0 Å². The summed E-state index contributed by atoms with van der Waals surface area (Å²) in [5.74, 6) is 12.2. The molecule has 0 amide bonds. The van der Waals surface area contributed by atoms with Crippen molar-refractivity contribution in [3.05, 3.63) is 324 Å². The van der Waals surface area contributed by atoms with Gasteiger partial charge in [0.25, 0.3) is 0 Å². The first-order chi connectivity index (χ1) is 67.2. The molecule has 5 aliphatic carbocycles. The van der Waals surface area contributed by atoms with E-state index in [1.807, 2.05) is 83.7 Å². The number of carbonyl (C=O) groups is 5. The van der Waals surface area contributed by atoms with Crippen molar-refractivity contribution < 1.29 is 62.6 Å². The van der Waals surface area contributed by atoms with Gasteiger partial charge in [-0.1, -0.05) is 114 Å². The summed E-state index contributed by atoms with van der Waals surface area (Å²) in [4.78, 5) is 90.1. The van der Waals surface area contributed by atoms with Crippen molar-refractivity contribution >= 4 is 28.9 Å². The SMILES string of the molecule is Cc1ccc(OC2C[C@@H]3CN(CC(=O)c4ccc(OCc5ccccc5)cc4)C[C@@H]3C2)cc1.Cc1ccc(OC2C[C@@H]3CN(CC(=O)c4cn[nH]c4)C[C@@H]3C2)cc1.Cc1ccc(OC2C[C@@H]3CN(CC(=O)c4cnn(Cc5ccccc5)c4)C[C@@H]3C2)cc1.O=C(CN1C[C@H]2CC(Oc3cnccn3)C[C@H]2C1)c1ccc(O)cc1.O=C(CN1C[C@H]2CC(Oc3cncnc3)C[C@H]2C1)c1ccc(O)cc1. The number of phenols is 2. The number of aryl methyl sites for hydroxylation is 3. The molecule has 8 aromatic carbocycles. The van der Waals surface area contributed by atoms with Crippen LogP contribution in [-0.2, 0) is 13.2 Å². The number of hydrogen-bond donors (Lipinski definition) is 3. The molecule has 716 valence electrons. The summed E-state index contributed by atoms with van der Waals surface area (Å²) >= 11 is 0. The van der Waals surface area contributed by atoms with Crippen LogP contribution in [0.4, 0.5) is 0 Å². The summed E-state index contributed by atoms with van der Waals surface area (Å²) in [6.07, 6.45) is 28.5. The molecular formula is C112H125N13O13. The summed E-state index contributed by atoms with van der Waals surface area (Å²) in [6, 6.07) is 65.7. The van der Waals surface area contributed by atoms with Crippen molar-refractivity contribution in [2.75, 3.05) is 98.2 Å². The number of aromatic amines is 1. The van der Waals surface area contributed by atoms with Crippen molar-refractivity contribution in [1.82, 2.24) is 64.4 Å². The Balaban J connectivity index is 0.000000115. The molecule has 138 heavy (non-hydrogen) atoms. The average Bonchev–Trinajstić information content (AvgIpc) is 1.68. The molecule has 26 nitrogen and oxygen atoms in total. The number of ketones is 5. The van der Waals surface area contributed by atoms with Crippen LogP contribution in [0.3, 0.4) is 0 Å². The lowest BCUT2D eigenvalue weighted by atomic mass is 10.0. The number of ether oxygens (including phenoxy) is 6. The number of aromatic nitrogens is 8. The molecule has 22 rings (SSSR count). The monoisotopic (exact) mass is 1860 g/mol. The molecule has 26 heteroatoms. The van der Waals surface area contributed by atoms with Crippen LogP contribution in [0.5, 0.6) is 46.1 Å². The summed E-state index contributed by atoms with van der Waals surface area (Å²) in [5.41, 5.74) is 9.49. The lowest BCUT2D eigenvalue weighted by Gasteiger charge is -2.19. The minimum Gasteiger partial charge on any atom is -0.508 e. The number of phenolic OH excluding ortho intramolecular Hbond substituents is 2. The number of H-pyrrole nitrogens is 1. The quantitative estimate of drug-likeness (QED) is 0.0352. The Morgan fingerprint density at radius 2 is 0.667 bits per heavy atom. The molecule has 3 N–H and O–H groups in total. The van der Waals surface area contributed by atoms with Crippen LogP contribution in [0.1, 0.15) is 144 Å². The van der Waals surface area contributed by atoms with Gasteiger partial charge < -0.3 is 38.6 Å². The number of nitrogens with zero attached hydrogens (tertiary/aromatic N) is 12. The number of rotatable bonds is 30. The first-order valence-electron chi connectivity index (χ1n) is 49.0. The van der Waals surface area contributed by atoms with Crippen LogP contribution >= 0.6 is 0 Å². The second-order valence-electron chi connectivity index (χ2n) is 39.6. The summed E-state index contributed by atoms with van der Waals surface area (Å²) < 4.78 is 38.1. The van der Waals surface area contributed by atoms with Gasteiger partial charge in [-0.05, 0) is 264 Å². The normalized spacial score (nSPS) is 24.4. The summed E-state index contributed by atoms with van der Waals surface area (Å²) in [5, 5.41) is 29.6. The minimum absolute atomic E-state index is 0.104. The molecule has 5 aliphatic heterocycles. The van der Waals surface area contributed by atoms with Crippen molar-refractivity contribution in [3.8, 4) is 46.1 Å². The van der Waals surface area contributed by atoms with Crippen LogP contribution < -0.4 is 28.4 Å². The number of nitrogens with one attached hydrogen (secondary N) is 1. The second-order valence-corrected chi connectivity index (χ2v) is 39.6. The number of Topliss-reactive ketones (excluding diaryl/α,β-unsaturated/α-hetero) is 5. The van der Waals surface area contributed by atoms with Crippen LogP contribution in [0.2, 0.25) is 0 Å². The number of hydrogen-bond acceptors (Lipinski definition) is 24. The fourth-order valence-corrected chi connectivity index (χ4v) is 22.3. The fraction of sp³-hybridized carbons (Fsp3) is 0.402. The maximum absolute atomic E-state index is 12.8. The van der Waals surface area contributed by atoms with Crippen molar-refractivity contribution in [2.24, 2.45) is 59.2 Å². The van der Waals surface area contributed by atoms with Crippen molar-refractivity contribution in [2.45, 2.75) is 129 Å². The molecule has 10 aliphatic rings. The van der Waals surface area contributed by atoms with E-state index in [-0.39, 0.29) is 52.6 Å². The maximum Gasteiger partial charge on any atom is 0.232 e. The Labute approximate surface area is 807 Å². The highest BCUT2D eigenvalue weighted by atomic mass is 16.5. The van der Waals surface area contributed by atoms with Crippen molar-refractivity contribution in [1.29, 1.82) is 0 Å². The van der Waals surface area contributed by atoms with Gasteiger partial charge in [0.05, 0.1) is 106 Å². The molecule has 0 bridgehead atoms. The van der Waals surface area contributed by atoms with Gasteiger partial charge in [-0.15, -0.1) is 0 Å². The molecule has 15 atom stereocenters. The van der Waals surface area contributed by atoms with E-state index in [9.17, 15) is 34.2 Å². The molecule has 4 aromatic heterocycles. The van der Waals surface area contributed by atoms with Gasteiger partial charge in [-0.3, -0.25) is 63.2 Å². The summed E-state index contributed by atoms with van der Waals surface area (Å²) in [6.45, 7) is 19.5. The lowest BCUT2D eigenvalue weighted by molar-refractivity contribution is 0.0928. The highest BCUT2D eigenvalue weighted by molar-refractivity contribution is 5.99. The standard InChI is InChI=1S/C29H31NO3.C26H29N3O2.2C19H21N3O3.C19H23N3O2/c1-21-7-11-27(12-8-21)33-28-15-24-17-30(18-25(24)16-28)19-29(31)23-9-13-26(14-10-23)32-20-22-5-3-2-4-6-22;1-19-7-9-24(10-8-19)31-25-11-21-15-28(16-22(21)12-25)18-26(30)23-13-27-29(17-23)14-20-5-3-2-4-6-20;23-16-3-1-13(2-4-16)19(24)11-22-9-14-5-17(6-15(14)10-22)25-18-7-20-12-21-8-18;23-16-3-1-13(2-4-16)18(24)12-22-10-14-7-17(8-15(14)11-22)25-19-9-20-5-6-21-19;1-13-2-4-17(5-3-13)24-18-6-14-10-22(11-15(14)7-18)12-19(23)16-8-20-21-9-16/h2-14,24-25,28H,15-20H2,1H3;2-10,13,17,21-22,25H,11-12,14-16,18H2,1H3;1-4,7-8,12,14-15,17,23H,5-6,9-11H2;1-6,9,14-15,17,23H,7-8,10-12H2;2-5,8-9,14-15,18H,6-7,10-12H2,1H3,(H,20,21)/t24-,25+,28?;21-,22+,25?;2*14-,15+,17?;14-,15+,18?. The third kappa shape index (κ3) is 26.2. The number of carbonyl (C=O) groups excluding carboxylic acids is 5. The Hall–Kier alpha value is -13.1. The topological polar surface area (TPSA) is 295 Å². The smallest absolute Gasteiger partial charge is 0.232 e. The molecule has 5 saturated heterocycles. The van der Waals surface area contributed by atoms with E-state index in [1.54, 1.807) is 98.1 Å². The molecule has 0 radical (unpaired) electrons. The minimum atomic E-state index is 0.104. The van der Waals surface area contributed by atoms with E-state index in [4.69, 9.17) is 28.4 Å². The highest BCUT2D eigenvalue weighted by Crippen LogP contribution is 2.45. The highest BCUT2D eigenvalue weighted by Gasteiger charge is 2.47. The zero-order valence-corrected chi connectivity index (χ0v) is 78.9. The van der Waals surface area contributed by atoms with Gasteiger partial charge in [0.1, 0.15) is 53.5 Å². The first kappa shape index (κ1) is 95.2. The van der Waals surface area contributed by atoms with Gasteiger partial charge in [0.2, 0.25) is 5.88 Å². The maximum atomic E-state index is 12.8. The Bertz CT molecular complexity index is 5740.